The number of carbonyl (C=O) groups is 1. The summed E-state index contributed by atoms with van der Waals surface area (Å²) in [5.74, 6) is 0.702. The zero-order valence-corrected chi connectivity index (χ0v) is 12.4. The SMILES string of the molecule is C=C1C(=O)NN(c2ccc3cc(OC)ccc3c2)C1(C)C. The molecule has 3 rings (SSSR count). The maximum Gasteiger partial charge on any atom is 0.267 e. The fourth-order valence-electron chi connectivity index (χ4n) is 2.59. The number of methoxy groups -OCH3 is 1. The number of amides is 1. The zero-order chi connectivity index (χ0) is 15.2. The lowest BCUT2D eigenvalue weighted by Gasteiger charge is -2.32. The lowest BCUT2D eigenvalue weighted by Crippen LogP contribution is -2.44. The van der Waals surface area contributed by atoms with Crippen LogP contribution in [0.5, 0.6) is 5.75 Å². The molecular weight excluding hydrogens is 264 g/mol. The standard InChI is InChI=1S/C17H18N2O2/c1-11-16(20)18-19(17(11,2)3)14-7-5-13-10-15(21-4)8-6-12(13)9-14/h5-10H,1H2,2-4H3,(H,18,20). The smallest absolute Gasteiger partial charge is 0.267 e. The second-order valence-corrected chi connectivity index (χ2v) is 5.71. The second kappa shape index (κ2) is 4.52. The average molecular weight is 282 g/mol. The first kappa shape index (κ1) is 13.5. The number of anilines is 1. The van der Waals surface area contributed by atoms with Crippen molar-refractivity contribution in [3.63, 3.8) is 0 Å². The maximum atomic E-state index is 11.9. The summed E-state index contributed by atoms with van der Waals surface area (Å²) in [6.07, 6.45) is 0. The normalized spacial score (nSPS) is 17.2. The van der Waals surface area contributed by atoms with E-state index < -0.39 is 5.54 Å². The van der Waals surface area contributed by atoms with Gasteiger partial charge in [-0.05, 0) is 48.9 Å². The largest absolute Gasteiger partial charge is 0.497 e. The molecule has 0 spiro atoms. The van der Waals surface area contributed by atoms with Crippen LogP contribution in [0.1, 0.15) is 13.8 Å². The fraction of sp³-hybridized carbons (Fsp3) is 0.235. The highest BCUT2D eigenvalue weighted by molar-refractivity contribution is 6.01. The summed E-state index contributed by atoms with van der Waals surface area (Å²) in [6.45, 7) is 7.83. The highest BCUT2D eigenvalue weighted by atomic mass is 16.5. The quantitative estimate of drug-likeness (QED) is 0.861. The third-order valence-electron chi connectivity index (χ3n) is 4.07. The Bertz CT molecular complexity index is 750. The molecule has 0 unspecified atom stereocenters. The minimum Gasteiger partial charge on any atom is -0.497 e. The average Bonchev–Trinajstić information content (AvgIpc) is 2.69. The first-order chi connectivity index (χ1) is 9.93. The summed E-state index contributed by atoms with van der Waals surface area (Å²) in [5, 5.41) is 4.05. The molecule has 0 atom stereocenters. The van der Waals surface area contributed by atoms with Crippen LogP contribution < -0.4 is 15.2 Å². The summed E-state index contributed by atoms with van der Waals surface area (Å²) in [5.41, 5.74) is 3.92. The van der Waals surface area contributed by atoms with Gasteiger partial charge in [-0.2, -0.15) is 0 Å². The van der Waals surface area contributed by atoms with Crippen LogP contribution in [0.2, 0.25) is 0 Å². The van der Waals surface area contributed by atoms with Gasteiger partial charge in [-0.15, -0.1) is 0 Å². The number of nitrogens with zero attached hydrogens (tertiary/aromatic N) is 1. The van der Waals surface area contributed by atoms with Gasteiger partial charge in [-0.1, -0.05) is 18.7 Å². The van der Waals surface area contributed by atoms with E-state index in [0.717, 1.165) is 22.2 Å². The third kappa shape index (κ3) is 2.03. The van der Waals surface area contributed by atoms with Crippen molar-refractivity contribution < 1.29 is 9.53 Å². The number of hydrogen-bond donors (Lipinski definition) is 1. The molecule has 4 heteroatoms. The number of carbonyl (C=O) groups excluding carboxylic acids is 1. The summed E-state index contributed by atoms with van der Waals surface area (Å²) >= 11 is 0. The van der Waals surface area contributed by atoms with Crippen molar-refractivity contribution in [3.8, 4) is 5.75 Å². The number of fused-ring (bicyclic) bond motifs is 1. The number of hydrogen-bond acceptors (Lipinski definition) is 3. The van der Waals surface area contributed by atoms with Crippen molar-refractivity contribution in [2.24, 2.45) is 0 Å². The van der Waals surface area contributed by atoms with Gasteiger partial charge in [0, 0.05) is 5.57 Å². The van der Waals surface area contributed by atoms with Crippen molar-refractivity contribution in [2.75, 3.05) is 12.1 Å². The third-order valence-corrected chi connectivity index (χ3v) is 4.07. The Morgan fingerprint density at radius 1 is 1.14 bits per heavy atom. The number of hydrazine groups is 1. The second-order valence-electron chi connectivity index (χ2n) is 5.71. The minimum absolute atomic E-state index is 0.130. The lowest BCUT2D eigenvalue weighted by molar-refractivity contribution is -0.116. The molecule has 0 bridgehead atoms. The van der Waals surface area contributed by atoms with E-state index in [9.17, 15) is 4.79 Å². The number of ether oxygens (including phenoxy) is 1. The van der Waals surface area contributed by atoms with Gasteiger partial charge in [0.25, 0.3) is 5.91 Å². The van der Waals surface area contributed by atoms with Crippen LogP contribution in [0.4, 0.5) is 5.69 Å². The first-order valence-corrected chi connectivity index (χ1v) is 6.82. The van der Waals surface area contributed by atoms with Gasteiger partial charge in [-0.3, -0.25) is 15.2 Å². The van der Waals surface area contributed by atoms with E-state index in [1.165, 1.54) is 0 Å². The van der Waals surface area contributed by atoms with Crippen LogP contribution in [0.3, 0.4) is 0 Å². The molecule has 1 fully saturated rings. The van der Waals surface area contributed by atoms with Crippen LogP contribution in [0.15, 0.2) is 48.6 Å². The van der Waals surface area contributed by atoms with E-state index in [1.807, 2.05) is 49.2 Å². The van der Waals surface area contributed by atoms with Crippen LogP contribution in [0, 0.1) is 0 Å². The Hall–Kier alpha value is -2.49. The predicted octanol–water partition coefficient (Wildman–Crippen LogP) is 3.03. The summed E-state index contributed by atoms with van der Waals surface area (Å²) in [6, 6.07) is 12.0. The maximum absolute atomic E-state index is 11.9. The van der Waals surface area contributed by atoms with E-state index in [4.69, 9.17) is 4.74 Å². The summed E-state index contributed by atoms with van der Waals surface area (Å²) in [4.78, 5) is 11.9. The summed E-state index contributed by atoms with van der Waals surface area (Å²) < 4.78 is 5.23. The molecule has 1 N–H and O–H groups in total. The molecule has 0 aromatic heterocycles. The number of rotatable bonds is 2. The first-order valence-electron chi connectivity index (χ1n) is 6.82. The minimum atomic E-state index is -0.447. The van der Waals surface area contributed by atoms with Gasteiger partial charge in [0.2, 0.25) is 0 Å². The molecule has 0 radical (unpaired) electrons. The van der Waals surface area contributed by atoms with Crippen molar-refractivity contribution in [1.82, 2.24) is 5.43 Å². The van der Waals surface area contributed by atoms with Gasteiger partial charge in [0.05, 0.1) is 18.3 Å². The highest BCUT2D eigenvalue weighted by Gasteiger charge is 2.41. The van der Waals surface area contributed by atoms with E-state index in [-0.39, 0.29) is 5.91 Å². The Kier molecular flexibility index (Phi) is 2.90. The Labute approximate surface area is 124 Å². The zero-order valence-electron chi connectivity index (χ0n) is 12.4. The van der Waals surface area contributed by atoms with E-state index in [0.29, 0.717) is 5.57 Å². The molecule has 21 heavy (non-hydrogen) atoms. The Balaban J connectivity index is 2.06. The Morgan fingerprint density at radius 2 is 1.81 bits per heavy atom. The van der Waals surface area contributed by atoms with Gasteiger partial charge < -0.3 is 4.74 Å². The van der Waals surface area contributed by atoms with Crippen molar-refractivity contribution in [2.45, 2.75) is 19.4 Å². The number of benzene rings is 2. The van der Waals surface area contributed by atoms with Gasteiger partial charge in [-0.25, -0.2) is 0 Å². The molecule has 2 aromatic carbocycles. The topological polar surface area (TPSA) is 41.6 Å². The van der Waals surface area contributed by atoms with Gasteiger partial charge in [0.1, 0.15) is 5.75 Å². The fourth-order valence-corrected chi connectivity index (χ4v) is 2.59. The molecule has 1 aliphatic heterocycles. The molecule has 4 nitrogen and oxygen atoms in total. The lowest BCUT2D eigenvalue weighted by atomic mass is 9.95. The molecule has 1 amide bonds. The molecular formula is C17H18N2O2. The molecule has 108 valence electrons. The molecule has 0 saturated carbocycles. The van der Waals surface area contributed by atoms with Gasteiger partial charge in [0.15, 0.2) is 0 Å². The van der Waals surface area contributed by atoms with E-state index >= 15 is 0 Å². The Morgan fingerprint density at radius 3 is 2.43 bits per heavy atom. The van der Waals surface area contributed by atoms with E-state index in [2.05, 4.69) is 18.1 Å². The summed E-state index contributed by atoms with van der Waals surface area (Å²) in [7, 11) is 1.66. The van der Waals surface area contributed by atoms with Crippen molar-refractivity contribution in [3.05, 3.63) is 48.6 Å². The molecule has 1 heterocycles. The van der Waals surface area contributed by atoms with Crippen LogP contribution in [-0.2, 0) is 4.79 Å². The number of nitrogens with one attached hydrogen (secondary N) is 1. The predicted molar refractivity (Wildman–Crippen MR) is 84.3 cm³/mol. The van der Waals surface area contributed by atoms with E-state index in [1.54, 1.807) is 7.11 Å². The van der Waals surface area contributed by atoms with Crippen LogP contribution >= 0.6 is 0 Å². The van der Waals surface area contributed by atoms with Crippen LogP contribution in [-0.4, -0.2) is 18.6 Å². The molecule has 2 aromatic rings. The van der Waals surface area contributed by atoms with Crippen molar-refractivity contribution in [1.29, 1.82) is 0 Å². The van der Waals surface area contributed by atoms with Crippen molar-refractivity contribution >= 4 is 22.4 Å². The molecule has 1 saturated heterocycles. The highest BCUT2D eigenvalue weighted by Crippen LogP contribution is 2.34. The monoisotopic (exact) mass is 282 g/mol. The molecule has 1 aliphatic rings. The molecule has 0 aliphatic carbocycles. The van der Waals surface area contributed by atoms with Crippen LogP contribution in [0.25, 0.3) is 10.8 Å². The van der Waals surface area contributed by atoms with Gasteiger partial charge >= 0.3 is 0 Å².